The highest BCUT2D eigenvalue weighted by Gasteiger charge is 2.26. The summed E-state index contributed by atoms with van der Waals surface area (Å²) < 4.78 is 5.84. The summed E-state index contributed by atoms with van der Waals surface area (Å²) in [5, 5.41) is 11.2. The summed E-state index contributed by atoms with van der Waals surface area (Å²) in [5.41, 5.74) is 1.96. The number of nitrogens with one attached hydrogen (secondary N) is 2. The fourth-order valence-corrected chi connectivity index (χ4v) is 3.46. The number of halogens is 2. The Labute approximate surface area is 163 Å². The highest BCUT2D eigenvalue weighted by molar-refractivity contribution is 9.10. The number of H-pyrrole nitrogens is 1. The van der Waals surface area contributed by atoms with Gasteiger partial charge >= 0.3 is 0 Å². The number of amides is 1. The van der Waals surface area contributed by atoms with Crippen molar-refractivity contribution in [1.82, 2.24) is 15.5 Å². The van der Waals surface area contributed by atoms with E-state index >= 15 is 0 Å². The molecule has 1 saturated heterocycles. The Morgan fingerprint density at radius 2 is 2.12 bits per heavy atom. The smallest absolute Gasteiger partial charge is 0.287 e. The monoisotopic (exact) mass is 434 g/mol. The normalized spacial score (nSPS) is 16.8. The first-order valence-electron chi connectivity index (χ1n) is 8.21. The molecule has 1 fully saturated rings. The van der Waals surface area contributed by atoms with Crippen molar-refractivity contribution in [1.29, 1.82) is 0 Å². The van der Waals surface area contributed by atoms with Crippen molar-refractivity contribution >= 4 is 39.3 Å². The maximum atomic E-state index is 12.2. The van der Waals surface area contributed by atoms with Crippen LogP contribution in [0.1, 0.15) is 17.0 Å². The third kappa shape index (κ3) is 3.64. The predicted octanol–water partition coefficient (Wildman–Crippen LogP) is 4.09. The zero-order valence-corrected chi connectivity index (χ0v) is 16.0. The number of carbonyl (C=O) groups is 1. The van der Waals surface area contributed by atoms with E-state index < -0.39 is 0 Å². The van der Waals surface area contributed by atoms with E-state index in [-0.39, 0.29) is 11.9 Å². The molecule has 0 saturated carbocycles. The largest absolute Gasteiger partial charge is 0.444 e. The molecule has 8 heteroatoms. The Hall–Kier alpha value is -2.25. The molecule has 1 aliphatic heterocycles. The van der Waals surface area contributed by atoms with Crippen LogP contribution in [0.5, 0.6) is 0 Å². The summed E-state index contributed by atoms with van der Waals surface area (Å²) in [7, 11) is 0. The minimum atomic E-state index is -0.202. The minimum absolute atomic E-state index is 0.0575. The zero-order valence-electron chi connectivity index (χ0n) is 13.7. The van der Waals surface area contributed by atoms with E-state index in [9.17, 15) is 4.79 Å². The Bertz CT molecular complexity index is 921. The van der Waals surface area contributed by atoms with Crippen LogP contribution in [0.4, 0.5) is 5.82 Å². The molecule has 1 amide bonds. The first kappa shape index (κ1) is 17.2. The second kappa shape index (κ2) is 7.17. The fraction of sp³-hybridized carbons (Fsp3) is 0.222. The van der Waals surface area contributed by atoms with Crippen LogP contribution in [0.2, 0.25) is 5.02 Å². The number of rotatable bonds is 4. The van der Waals surface area contributed by atoms with Crippen LogP contribution in [0.25, 0.3) is 11.3 Å². The Morgan fingerprint density at radius 3 is 2.85 bits per heavy atom. The van der Waals surface area contributed by atoms with Crippen molar-refractivity contribution in [2.45, 2.75) is 12.5 Å². The molecule has 0 radical (unpaired) electrons. The molecule has 6 nitrogen and oxygen atoms in total. The fourth-order valence-electron chi connectivity index (χ4n) is 3.03. The molecular weight excluding hydrogens is 420 g/mol. The summed E-state index contributed by atoms with van der Waals surface area (Å²) in [6.45, 7) is 1.54. The summed E-state index contributed by atoms with van der Waals surface area (Å²) in [6, 6.07) is 13.0. The molecule has 3 aromatic rings. The number of hydrogen-bond acceptors (Lipinski definition) is 4. The third-order valence-electron chi connectivity index (χ3n) is 4.36. The predicted molar refractivity (Wildman–Crippen MR) is 104 cm³/mol. The second-order valence-electron chi connectivity index (χ2n) is 6.16. The summed E-state index contributed by atoms with van der Waals surface area (Å²) >= 11 is 9.14. The van der Waals surface area contributed by atoms with Crippen LogP contribution in [-0.4, -0.2) is 35.2 Å². The van der Waals surface area contributed by atoms with Crippen molar-refractivity contribution in [2.24, 2.45) is 0 Å². The number of carbonyl (C=O) groups excluding carboxylic acids is 1. The van der Waals surface area contributed by atoms with Gasteiger partial charge in [0, 0.05) is 30.2 Å². The molecule has 0 aliphatic carbocycles. The van der Waals surface area contributed by atoms with Crippen LogP contribution in [0.15, 0.2) is 51.6 Å². The summed E-state index contributed by atoms with van der Waals surface area (Å²) in [5.74, 6) is 0.971. The van der Waals surface area contributed by atoms with Gasteiger partial charge < -0.3 is 14.6 Å². The van der Waals surface area contributed by atoms with E-state index in [0.29, 0.717) is 22.0 Å². The zero-order chi connectivity index (χ0) is 18.1. The van der Waals surface area contributed by atoms with Crippen molar-refractivity contribution in [2.75, 3.05) is 18.0 Å². The lowest BCUT2D eigenvalue weighted by atomic mass is 10.1. The average molecular weight is 436 g/mol. The third-order valence-corrected chi connectivity index (χ3v) is 5.04. The van der Waals surface area contributed by atoms with Gasteiger partial charge in [-0.3, -0.25) is 9.89 Å². The number of anilines is 1. The first-order chi connectivity index (χ1) is 12.6. The quantitative estimate of drug-likeness (QED) is 0.647. The lowest BCUT2D eigenvalue weighted by molar-refractivity contribution is 0.0911. The van der Waals surface area contributed by atoms with Crippen molar-refractivity contribution < 1.29 is 9.21 Å². The van der Waals surface area contributed by atoms with Crippen molar-refractivity contribution in [3.8, 4) is 11.3 Å². The van der Waals surface area contributed by atoms with E-state index in [4.69, 9.17) is 16.0 Å². The van der Waals surface area contributed by atoms with Gasteiger partial charge in [0.05, 0.1) is 5.69 Å². The molecule has 134 valence electrons. The Morgan fingerprint density at radius 1 is 1.31 bits per heavy atom. The van der Waals surface area contributed by atoms with Gasteiger partial charge in [0.25, 0.3) is 5.91 Å². The molecule has 1 atom stereocenters. The molecule has 0 spiro atoms. The van der Waals surface area contributed by atoms with Gasteiger partial charge in [0.2, 0.25) is 0 Å². The standard InChI is InChI=1S/C18H16BrClN4O2/c19-16-6-5-15(26-16)18(25)21-13-7-8-24(10-13)17-9-14(22-23-17)11-1-3-12(20)4-2-11/h1-6,9,13H,7-8,10H2,(H,21,25)(H,22,23). The van der Waals surface area contributed by atoms with E-state index in [2.05, 4.69) is 36.3 Å². The van der Waals surface area contributed by atoms with E-state index in [1.807, 2.05) is 30.3 Å². The van der Waals surface area contributed by atoms with Crippen LogP contribution >= 0.6 is 27.5 Å². The highest BCUT2D eigenvalue weighted by atomic mass is 79.9. The lowest BCUT2D eigenvalue weighted by Crippen LogP contribution is -2.37. The number of aromatic nitrogens is 2. The highest BCUT2D eigenvalue weighted by Crippen LogP contribution is 2.25. The maximum absolute atomic E-state index is 12.2. The molecular formula is C18H16BrClN4O2. The van der Waals surface area contributed by atoms with Gasteiger partial charge in [-0.25, -0.2) is 0 Å². The van der Waals surface area contributed by atoms with Gasteiger partial charge in [0.1, 0.15) is 0 Å². The van der Waals surface area contributed by atoms with Gasteiger partial charge in [-0.2, -0.15) is 5.10 Å². The van der Waals surface area contributed by atoms with E-state index in [0.717, 1.165) is 30.0 Å². The van der Waals surface area contributed by atoms with E-state index in [1.54, 1.807) is 12.1 Å². The van der Waals surface area contributed by atoms with Gasteiger partial charge in [-0.15, -0.1) is 0 Å². The lowest BCUT2D eigenvalue weighted by Gasteiger charge is -2.15. The number of aromatic amines is 1. The van der Waals surface area contributed by atoms with Crippen LogP contribution in [0, 0.1) is 0 Å². The summed E-state index contributed by atoms with van der Waals surface area (Å²) in [4.78, 5) is 14.3. The van der Waals surface area contributed by atoms with Crippen LogP contribution in [-0.2, 0) is 0 Å². The number of furan rings is 1. The second-order valence-corrected chi connectivity index (χ2v) is 7.37. The molecule has 2 aromatic heterocycles. The van der Waals surface area contributed by atoms with Gasteiger partial charge in [-0.05, 0) is 52.2 Å². The summed E-state index contributed by atoms with van der Waals surface area (Å²) in [6.07, 6.45) is 0.858. The molecule has 1 unspecified atom stereocenters. The molecule has 4 rings (SSSR count). The Balaban J connectivity index is 1.39. The SMILES string of the molecule is O=C(NC1CCN(c2cc(-c3ccc(Cl)cc3)[nH]n2)C1)c1ccc(Br)o1. The minimum Gasteiger partial charge on any atom is -0.444 e. The van der Waals surface area contributed by atoms with Gasteiger partial charge in [0.15, 0.2) is 16.2 Å². The van der Waals surface area contributed by atoms with Crippen LogP contribution < -0.4 is 10.2 Å². The molecule has 1 aliphatic rings. The molecule has 26 heavy (non-hydrogen) atoms. The topological polar surface area (TPSA) is 74.2 Å². The molecule has 1 aromatic carbocycles. The van der Waals surface area contributed by atoms with Crippen molar-refractivity contribution in [3.63, 3.8) is 0 Å². The number of benzene rings is 1. The van der Waals surface area contributed by atoms with Crippen molar-refractivity contribution in [3.05, 3.63) is 57.9 Å². The average Bonchev–Trinajstić information content (AvgIpc) is 3.35. The molecule has 3 heterocycles. The van der Waals surface area contributed by atoms with E-state index in [1.165, 1.54) is 0 Å². The Kier molecular flexibility index (Phi) is 4.74. The van der Waals surface area contributed by atoms with Gasteiger partial charge in [-0.1, -0.05) is 23.7 Å². The van der Waals surface area contributed by atoms with Crippen LogP contribution in [0.3, 0.4) is 0 Å². The molecule has 2 N–H and O–H groups in total. The number of nitrogens with zero attached hydrogens (tertiary/aromatic N) is 2. The number of hydrogen-bond donors (Lipinski definition) is 2. The first-order valence-corrected chi connectivity index (χ1v) is 9.38. The maximum Gasteiger partial charge on any atom is 0.287 e. The molecule has 0 bridgehead atoms.